The van der Waals surface area contributed by atoms with Crippen LogP contribution in [0.3, 0.4) is 0 Å². The zero-order valence-corrected chi connectivity index (χ0v) is 17.7. The van der Waals surface area contributed by atoms with Crippen LogP contribution in [0.5, 0.6) is 0 Å². The second kappa shape index (κ2) is 11.2. The molecule has 5 nitrogen and oxygen atoms in total. The number of halogens is 1. The highest BCUT2D eigenvalue weighted by molar-refractivity contribution is 14.0. The number of rotatable bonds is 7. The second-order valence-electron chi connectivity index (χ2n) is 5.43. The summed E-state index contributed by atoms with van der Waals surface area (Å²) in [6.45, 7) is 9.20. The monoisotopic (exact) mass is 439 g/mol. The molecule has 0 amide bonds. The van der Waals surface area contributed by atoms with Crippen molar-refractivity contribution >= 4 is 41.3 Å². The van der Waals surface area contributed by atoms with Gasteiger partial charge in [-0.25, -0.2) is 4.98 Å². The highest BCUT2D eigenvalue weighted by Crippen LogP contribution is 2.09. The third-order valence-electron chi connectivity index (χ3n) is 3.73. The molecule has 128 valence electrons. The number of aromatic nitrogens is 1. The number of hydrogen-bond acceptors (Lipinski definition) is 4. The van der Waals surface area contributed by atoms with Crippen molar-refractivity contribution in [2.24, 2.45) is 4.99 Å². The number of thiazole rings is 1. The standard InChI is InChI=1S/C15H29N5S.HI/c1-7-12(2)19(5)9-8-17-15(16-4)20(6)10-14-11-21-13(3)18-14;/h11-12H,7-10H2,1-6H3,(H,16,17);1H. The van der Waals surface area contributed by atoms with Crippen LogP contribution in [0.15, 0.2) is 10.4 Å². The summed E-state index contributed by atoms with van der Waals surface area (Å²) in [5, 5.41) is 6.63. The van der Waals surface area contributed by atoms with E-state index in [9.17, 15) is 0 Å². The first-order valence-corrected chi connectivity index (χ1v) is 8.38. The SMILES string of the molecule is CCC(C)N(C)CCNC(=NC)N(C)Cc1csc(C)n1.I. The predicted octanol–water partition coefficient (Wildman–Crippen LogP) is 2.81. The fourth-order valence-electron chi connectivity index (χ4n) is 2.06. The Kier molecular flexibility index (Phi) is 11.0. The van der Waals surface area contributed by atoms with Crippen LogP contribution >= 0.6 is 35.3 Å². The van der Waals surface area contributed by atoms with E-state index < -0.39 is 0 Å². The van der Waals surface area contributed by atoms with E-state index in [1.165, 1.54) is 6.42 Å². The molecule has 1 rings (SSSR count). The number of aliphatic imine (C=N–C) groups is 1. The minimum Gasteiger partial charge on any atom is -0.355 e. The molecule has 1 atom stereocenters. The number of guanidine groups is 1. The van der Waals surface area contributed by atoms with Gasteiger partial charge in [0.15, 0.2) is 5.96 Å². The molecular weight excluding hydrogens is 409 g/mol. The number of hydrogen-bond donors (Lipinski definition) is 1. The van der Waals surface area contributed by atoms with E-state index in [0.717, 1.165) is 36.3 Å². The van der Waals surface area contributed by atoms with Crippen LogP contribution in [0.4, 0.5) is 0 Å². The maximum atomic E-state index is 4.50. The average Bonchev–Trinajstić information content (AvgIpc) is 2.87. The normalized spacial score (nSPS) is 13.0. The Bertz CT molecular complexity index is 449. The van der Waals surface area contributed by atoms with Gasteiger partial charge in [-0.1, -0.05) is 6.92 Å². The summed E-state index contributed by atoms with van der Waals surface area (Å²) in [6.07, 6.45) is 1.17. The fourth-order valence-corrected chi connectivity index (χ4v) is 2.66. The molecule has 0 saturated carbocycles. The van der Waals surface area contributed by atoms with Gasteiger partial charge in [-0.05, 0) is 27.3 Å². The lowest BCUT2D eigenvalue weighted by Gasteiger charge is -2.25. The lowest BCUT2D eigenvalue weighted by Crippen LogP contribution is -2.43. The molecule has 7 heteroatoms. The van der Waals surface area contributed by atoms with Crippen LogP contribution in [0.2, 0.25) is 0 Å². The molecule has 0 spiro atoms. The molecule has 0 saturated heterocycles. The second-order valence-corrected chi connectivity index (χ2v) is 6.49. The molecule has 0 aliphatic rings. The maximum absolute atomic E-state index is 4.50. The van der Waals surface area contributed by atoms with Crippen LogP contribution in [-0.2, 0) is 6.54 Å². The molecule has 0 aliphatic carbocycles. The number of nitrogens with zero attached hydrogens (tertiary/aromatic N) is 4. The maximum Gasteiger partial charge on any atom is 0.193 e. The van der Waals surface area contributed by atoms with Gasteiger partial charge in [-0.15, -0.1) is 35.3 Å². The van der Waals surface area contributed by atoms with Gasteiger partial charge in [0.05, 0.1) is 17.2 Å². The Morgan fingerprint density at radius 3 is 2.64 bits per heavy atom. The molecule has 1 heterocycles. The summed E-state index contributed by atoms with van der Waals surface area (Å²) in [7, 11) is 6.03. The Balaban J connectivity index is 0.00000441. The van der Waals surface area contributed by atoms with E-state index in [1.54, 1.807) is 11.3 Å². The zero-order chi connectivity index (χ0) is 15.8. The Hall–Kier alpha value is -0.410. The van der Waals surface area contributed by atoms with Gasteiger partial charge in [0.1, 0.15) is 0 Å². The molecule has 0 bridgehead atoms. The molecule has 0 fully saturated rings. The molecule has 1 N–H and O–H groups in total. The van der Waals surface area contributed by atoms with Gasteiger partial charge in [-0.3, -0.25) is 4.99 Å². The Morgan fingerprint density at radius 2 is 2.14 bits per heavy atom. The van der Waals surface area contributed by atoms with Gasteiger partial charge < -0.3 is 15.1 Å². The first kappa shape index (κ1) is 21.6. The first-order chi connectivity index (χ1) is 9.97. The van der Waals surface area contributed by atoms with Crippen LogP contribution in [0.1, 0.15) is 31.0 Å². The molecule has 1 unspecified atom stereocenters. The number of nitrogens with one attached hydrogen (secondary N) is 1. The van der Waals surface area contributed by atoms with Crippen LogP contribution in [0.25, 0.3) is 0 Å². The largest absolute Gasteiger partial charge is 0.355 e. The lowest BCUT2D eigenvalue weighted by atomic mass is 10.2. The Morgan fingerprint density at radius 1 is 1.45 bits per heavy atom. The summed E-state index contributed by atoms with van der Waals surface area (Å²) in [5.74, 6) is 0.915. The van der Waals surface area contributed by atoms with E-state index in [0.29, 0.717) is 6.04 Å². The minimum atomic E-state index is 0. The molecule has 0 aliphatic heterocycles. The van der Waals surface area contributed by atoms with Crippen molar-refractivity contribution < 1.29 is 0 Å². The molecule has 22 heavy (non-hydrogen) atoms. The van der Waals surface area contributed by atoms with Crippen LogP contribution < -0.4 is 5.32 Å². The van der Waals surface area contributed by atoms with Crippen molar-refractivity contribution in [3.8, 4) is 0 Å². The van der Waals surface area contributed by atoms with E-state index in [4.69, 9.17) is 0 Å². The van der Waals surface area contributed by atoms with Crippen molar-refractivity contribution in [3.63, 3.8) is 0 Å². The predicted molar refractivity (Wildman–Crippen MR) is 107 cm³/mol. The molecule has 1 aromatic heterocycles. The van der Waals surface area contributed by atoms with Gasteiger partial charge in [0.2, 0.25) is 0 Å². The third kappa shape index (κ3) is 7.23. The zero-order valence-electron chi connectivity index (χ0n) is 14.6. The smallest absolute Gasteiger partial charge is 0.193 e. The van der Waals surface area contributed by atoms with E-state index in [1.807, 2.05) is 21.0 Å². The van der Waals surface area contributed by atoms with Crippen molar-refractivity contribution in [1.82, 2.24) is 20.1 Å². The van der Waals surface area contributed by atoms with E-state index in [2.05, 4.69) is 51.4 Å². The third-order valence-corrected chi connectivity index (χ3v) is 4.55. The topological polar surface area (TPSA) is 43.8 Å². The number of aryl methyl sites for hydroxylation is 1. The van der Waals surface area contributed by atoms with Crippen LogP contribution in [0, 0.1) is 6.92 Å². The van der Waals surface area contributed by atoms with Crippen molar-refractivity contribution in [3.05, 3.63) is 16.1 Å². The summed E-state index contributed by atoms with van der Waals surface area (Å²) >= 11 is 1.69. The van der Waals surface area contributed by atoms with E-state index in [-0.39, 0.29) is 24.0 Å². The quantitative estimate of drug-likeness (QED) is 0.403. The van der Waals surface area contributed by atoms with Gasteiger partial charge in [0.25, 0.3) is 0 Å². The van der Waals surface area contributed by atoms with Gasteiger partial charge >= 0.3 is 0 Å². The molecule has 0 aromatic carbocycles. The highest BCUT2D eigenvalue weighted by Gasteiger charge is 2.10. The highest BCUT2D eigenvalue weighted by atomic mass is 127. The average molecular weight is 439 g/mol. The lowest BCUT2D eigenvalue weighted by molar-refractivity contribution is 0.255. The van der Waals surface area contributed by atoms with Crippen molar-refractivity contribution in [1.29, 1.82) is 0 Å². The summed E-state index contributed by atoms with van der Waals surface area (Å²) < 4.78 is 0. The molecule has 1 aromatic rings. The van der Waals surface area contributed by atoms with Crippen molar-refractivity contribution in [2.75, 3.05) is 34.2 Å². The molecular formula is C15H30IN5S. The molecule has 0 radical (unpaired) electrons. The number of likely N-dealkylation sites (N-methyl/N-ethyl adjacent to an activating group) is 1. The minimum absolute atomic E-state index is 0. The summed E-state index contributed by atoms with van der Waals surface area (Å²) in [4.78, 5) is 13.3. The summed E-state index contributed by atoms with van der Waals surface area (Å²) in [6, 6.07) is 0.615. The Labute approximate surface area is 156 Å². The van der Waals surface area contributed by atoms with Gasteiger partial charge in [-0.2, -0.15) is 0 Å². The fraction of sp³-hybridized carbons (Fsp3) is 0.733. The van der Waals surface area contributed by atoms with Crippen molar-refractivity contribution in [2.45, 2.75) is 39.8 Å². The van der Waals surface area contributed by atoms with Gasteiger partial charge in [0, 0.05) is 38.6 Å². The van der Waals surface area contributed by atoms with E-state index >= 15 is 0 Å². The van der Waals surface area contributed by atoms with Crippen LogP contribution in [-0.4, -0.2) is 61.0 Å². The first-order valence-electron chi connectivity index (χ1n) is 7.51. The summed E-state index contributed by atoms with van der Waals surface area (Å²) in [5.41, 5.74) is 1.10.